The van der Waals surface area contributed by atoms with Gasteiger partial charge in [0.05, 0.1) is 11.5 Å². The molecule has 1 amide bonds. The summed E-state index contributed by atoms with van der Waals surface area (Å²) in [6.07, 6.45) is 4.66. The number of aryl methyl sites for hydroxylation is 1. The molecule has 0 unspecified atom stereocenters. The van der Waals surface area contributed by atoms with Gasteiger partial charge in [0.1, 0.15) is 5.75 Å². The van der Waals surface area contributed by atoms with Gasteiger partial charge >= 0.3 is 0 Å². The number of halogens is 2. The van der Waals surface area contributed by atoms with E-state index in [2.05, 4.69) is 0 Å². The third-order valence-electron chi connectivity index (χ3n) is 7.13. The molecule has 2 saturated heterocycles. The first kappa shape index (κ1) is 26.3. The van der Waals surface area contributed by atoms with Gasteiger partial charge < -0.3 is 9.64 Å². The SMILES string of the molecule is Cc1cc(OCC2(CC(=O)N3CCCCC3)CCN(S(=O)(=O)c3cccc(Cl)c3)CC2)ccc1Cl. The number of benzene rings is 2. The Bertz CT molecular complexity index is 1160. The van der Waals surface area contributed by atoms with Crippen LogP contribution in [0.5, 0.6) is 5.75 Å². The first-order chi connectivity index (χ1) is 16.7. The minimum Gasteiger partial charge on any atom is -0.493 e. The van der Waals surface area contributed by atoms with Crippen molar-refractivity contribution in [2.24, 2.45) is 5.41 Å². The maximum absolute atomic E-state index is 13.2. The standard InChI is InChI=1S/C26H32Cl2N2O4S/c1-20-16-22(8-9-24(20)28)34-19-26(18-25(31)29-12-3-2-4-13-29)10-14-30(15-11-26)35(32,33)23-7-5-6-21(27)17-23/h5-9,16-17H,2-4,10-15,18-19H2,1H3. The highest BCUT2D eigenvalue weighted by Crippen LogP contribution is 2.39. The lowest BCUT2D eigenvalue weighted by atomic mass is 9.76. The summed E-state index contributed by atoms with van der Waals surface area (Å²) < 4.78 is 34.1. The smallest absolute Gasteiger partial charge is 0.243 e. The number of likely N-dealkylation sites (tertiary alicyclic amines) is 1. The Labute approximate surface area is 218 Å². The number of rotatable bonds is 7. The van der Waals surface area contributed by atoms with Gasteiger partial charge in [0.2, 0.25) is 15.9 Å². The van der Waals surface area contributed by atoms with Gasteiger partial charge in [-0.3, -0.25) is 4.79 Å². The number of nitrogens with zero attached hydrogens (tertiary/aromatic N) is 2. The minimum absolute atomic E-state index is 0.131. The van der Waals surface area contributed by atoms with Gasteiger partial charge in [-0.2, -0.15) is 4.31 Å². The van der Waals surface area contributed by atoms with Gasteiger partial charge in [-0.15, -0.1) is 0 Å². The average Bonchev–Trinajstić information content (AvgIpc) is 2.86. The second-order valence-corrected chi connectivity index (χ2v) is 12.5. The van der Waals surface area contributed by atoms with Gasteiger partial charge in [0.25, 0.3) is 0 Å². The van der Waals surface area contributed by atoms with Gasteiger partial charge in [-0.25, -0.2) is 8.42 Å². The second-order valence-electron chi connectivity index (χ2n) is 9.68. The van der Waals surface area contributed by atoms with E-state index in [1.165, 1.54) is 10.4 Å². The summed E-state index contributed by atoms with van der Waals surface area (Å²) in [6.45, 7) is 4.50. The van der Waals surface area contributed by atoms with Crippen LogP contribution in [0.25, 0.3) is 0 Å². The van der Waals surface area contributed by atoms with Gasteiger partial charge in [0, 0.05) is 48.1 Å². The largest absolute Gasteiger partial charge is 0.493 e. The molecule has 2 aromatic rings. The van der Waals surface area contributed by atoms with Gasteiger partial charge in [-0.05, 0) is 81.0 Å². The Kier molecular flexibility index (Phi) is 8.31. The molecule has 2 aliphatic heterocycles. The molecule has 0 aliphatic carbocycles. The summed E-state index contributed by atoms with van der Waals surface area (Å²) in [5.41, 5.74) is 0.479. The van der Waals surface area contributed by atoms with Crippen molar-refractivity contribution in [1.82, 2.24) is 9.21 Å². The molecule has 0 radical (unpaired) electrons. The van der Waals surface area contributed by atoms with E-state index in [-0.39, 0.29) is 10.8 Å². The quantitative estimate of drug-likeness (QED) is 0.463. The molecule has 2 aromatic carbocycles. The summed E-state index contributed by atoms with van der Waals surface area (Å²) in [7, 11) is -3.66. The van der Waals surface area contributed by atoms with Crippen LogP contribution in [0, 0.1) is 12.3 Å². The molecular weight excluding hydrogens is 507 g/mol. The normalized spacial score (nSPS) is 18.9. The molecule has 9 heteroatoms. The van der Waals surface area contributed by atoms with E-state index in [1.54, 1.807) is 24.3 Å². The van der Waals surface area contributed by atoms with E-state index in [4.69, 9.17) is 27.9 Å². The molecule has 2 heterocycles. The third kappa shape index (κ3) is 6.31. The number of sulfonamides is 1. The highest BCUT2D eigenvalue weighted by atomic mass is 35.5. The summed E-state index contributed by atoms with van der Waals surface area (Å²) in [5.74, 6) is 0.831. The molecule has 35 heavy (non-hydrogen) atoms. The van der Waals surface area contributed by atoms with Crippen LogP contribution in [0.1, 0.15) is 44.1 Å². The van der Waals surface area contributed by atoms with Crippen LogP contribution < -0.4 is 4.74 Å². The van der Waals surface area contributed by atoms with Crippen LogP contribution in [0.4, 0.5) is 0 Å². The average molecular weight is 540 g/mol. The van der Waals surface area contributed by atoms with Crippen molar-refractivity contribution >= 4 is 39.1 Å². The molecule has 0 aromatic heterocycles. The van der Waals surface area contributed by atoms with Crippen LogP contribution in [-0.4, -0.2) is 56.3 Å². The highest BCUT2D eigenvalue weighted by Gasteiger charge is 2.41. The van der Waals surface area contributed by atoms with Crippen molar-refractivity contribution in [1.29, 1.82) is 0 Å². The van der Waals surface area contributed by atoms with E-state index < -0.39 is 15.4 Å². The number of ether oxygens (including phenoxy) is 1. The molecule has 4 rings (SSSR count). The number of carbonyl (C=O) groups excluding carboxylic acids is 1. The van der Waals surface area contributed by atoms with Crippen LogP contribution >= 0.6 is 23.2 Å². The molecule has 2 fully saturated rings. The summed E-state index contributed by atoms with van der Waals surface area (Å²) in [5, 5.41) is 1.06. The van der Waals surface area contributed by atoms with Crippen molar-refractivity contribution in [3.05, 3.63) is 58.1 Å². The van der Waals surface area contributed by atoms with Crippen LogP contribution in [-0.2, 0) is 14.8 Å². The number of hydrogen-bond donors (Lipinski definition) is 0. The van der Waals surface area contributed by atoms with E-state index >= 15 is 0 Å². The second kappa shape index (κ2) is 11.1. The van der Waals surface area contributed by atoms with Crippen LogP contribution in [0.3, 0.4) is 0 Å². The van der Waals surface area contributed by atoms with Crippen molar-refractivity contribution < 1.29 is 17.9 Å². The number of piperidine rings is 2. The number of carbonyl (C=O) groups is 1. The lowest BCUT2D eigenvalue weighted by Gasteiger charge is -2.42. The van der Waals surface area contributed by atoms with Crippen molar-refractivity contribution in [2.75, 3.05) is 32.8 Å². The Morgan fingerprint density at radius 3 is 2.37 bits per heavy atom. The van der Waals surface area contributed by atoms with E-state index in [9.17, 15) is 13.2 Å². The fourth-order valence-electron chi connectivity index (χ4n) is 4.87. The third-order valence-corrected chi connectivity index (χ3v) is 9.68. The Hall–Kier alpha value is -1.80. The zero-order valence-corrected chi connectivity index (χ0v) is 22.3. The monoisotopic (exact) mass is 538 g/mol. The summed E-state index contributed by atoms with van der Waals surface area (Å²) in [4.78, 5) is 15.4. The van der Waals surface area contributed by atoms with E-state index in [0.29, 0.717) is 54.8 Å². The molecule has 2 aliphatic rings. The molecule has 0 bridgehead atoms. The first-order valence-corrected chi connectivity index (χ1v) is 14.3. The lowest BCUT2D eigenvalue weighted by Crippen LogP contribution is -2.48. The Balaban J connectivity index is 1.50. The summed E-state index contributed by atoms with van der Waals surface area (Å²) >= 11 is 12.2. The number of hydrogen-bond acceptors (Lipinski definition) is 4. The predicted molar refractivity (Wildman–Crippen MR) is 139 cm³/mol. The van der Waals surface area contributed by atoms with Crippen molar-refractivity contribution in [2.45, 2.75) is 50.3 Å². The number of amides is 1. The van der Waals surface area contributed by atoms with Gasteiger partial charge in [-0.1, -0.05) is 29.3 Å². The zero-order chi connectivity index (χ0) is 25.1. The van der Waals surface area contributed by atoms with Crippen molar-refractivity contribution in [3.8, 4) is 5.75 Å². The molecule has 6 nitrogen and oxygen atoms in total. The molecule has 0 N–H and O–H groups in total. The minimum atomic E-state index is -3.66. The fourth-order valence-corrected chi connectivity index (χ4v) is 6.73. The molecule has 0 spiro atoms. The molecule has 190 valence electrons. The Morgan fingerprint density at radius 1 is 1.00 bits per heavy atom. The predicted octanol–water partition coefficient (Wildman–Crippen LogP) is 5.55. The lowest BCUT2D eigenvalue weighted by molar-refractivity contribution is -0.136. The van der Waals surface area contributed by atoms with Crippen molar-refractivity contribution in [3.63, 3.8) is 0 Å². The van der Waals surface area contributed by atoms with Crippen LogP contribution in [0.2, 0.25) is 10.0 Å². The van der Waals surface area contributed by atoms with Crippen LogP contribution in [0.15, 0.2) is 47.4 Å². The maximum atomic E-state index is 13.2. The highest BCUT2D eigenvalue weighted by molar-refractivity contribution is 7.89. The van der Waals surface area contributed by atoms with E-state index in [1.807, 2.05) is 24.0 Å². The zero-order valence-electron chi connectivity index (χ0n) is 20.0. The van der Waals surface area contributed by atoms with Gasteiger partial charge in [0.15, 0.2) is 0 Å². The fraction of sp³-hybridized carbons (Fsp3) is 0.500. The summed E-state index contributed by atoms with van der Waals surface area (Å²) in [6, 6.07) is 11.9. The Morgan fingerprint density at radius 2 is 1.71 bits per heavy atom. The molecule has 0 atom stereocenters. The topological polar surface area (TPSA) is 66.9 Å². The molecule has 0 saturated carbocycles. The first-order valence-electron chi connectivity index (χ1n) is 12.1. The van der Waals surface area contributed by atoms with E-state index in [0.717, 1.165) is 37.9 Å². The molecular formula is C26H32Cl2N2O4S. The maximum Gasteiger partial charge on any atom is 0.243 e.